The molecule has 0 amide bonds. The maximum absolute atomic E-state index is 12.5. The molecule has 6 heteroatoms. The summed E-state index contributed by atoms with van der Waals surface area (Å²) >= 11 is 0. The number of nitrogens with one attached hydrogen (secondary N) is 1. The quantitative estimate of drug-likeness (QED) is 0.767. The summed E-state index contributed by atoms with van der Waals surface area (Å²) in [7, 11) is -1.63. The molecule has 0 aromatic heterocycles. The molecule has 0 atom stereocenters. The third-order valence-corrected chi connectivity index (χ3v) is 5.15. The molecule has 19 heavy (non-hydrogen) atoms. The summed E-state index contributed by atoms with van der Waals surface area (Å²) in [6.45, 7) is 0.738. The first kappa shape index (κ1) is 14.5. The van der Waals surface area contributed by atoms with Gasteiger partial charge in [-0.1, -0.05) is 12.1 Å². The van der Waals surface area contributed by atoms with Crippen LogP contribution in [0.4, 0.5) is 0 Å². The van der Waals surface area contributed by atoms with E-state index >= 15 is 0 Å². The van der Waals surface area contributed by atoms with Gasteiger partial charge in [0.05, 0.1) is 11.5 Å². The number of rotatable bonds is 7. The maximum atomic E-state index is 12.5. The Hall–Kier alpha value is -0.950. The van der Waals surface area contributed by atoms with E-state index in [1.54, 1.807) is 12.1 Å². The van der Waals surface area contributed by atoms with E-state index in [2.05, 4.69) is 5.32 Å². The molecule has 0 spiro atoms. The Morgan fingerprint density at radius 3 is 2.42 bits per heavy atom. The van der Waals surface area contributed by atoms with Crippen LogP contribution in [0.1, 0.15) is 18.4 Å². The third kappa shape index (κ3) is 3.33. The van der Waals surface area contributed by atoms with Gasteiger partial charge in [-0.15, -0.1) is 0 Å². The molecule has 0 saturated heterocycles. The molecule has 0 heterocycles. The van der Waals surface area contributed by atoms with Gasteiger partial charge in [-0.3, -0.25) is 0 Å². The summed E-state index contributed by atoms with van der Waals surface area (Å²) in [6, 6.07) is 6.96. The second-order valence-corrected chi connectivity index (χ2v) is 6.64. The fourth-order valence-corrected chi connectivity index (χ4v) is 3.76. The molecule has 5 nitrogen and oxygen atoms in total. The van der Waals surface area contributed by atoms with Crippen molar-refractivity contribution >= 4 is 10.0 Å². The van der Waals surface area contributed by atoms with Crippen LogP contribution in [-0.2, 0) is 16.6 Å². The van der Waals surface area contributed by atoms with E-state index in [4.69, 9.17) is 5.11 Å². The van der Waals surface area contributed by atoms with Gasteiger partial charge in [-0.2, -0.15) is 4.31 Å². The number of nitrogens with zero attached hydrogens (tertiary/aromatic N) is 1. The van der Waals surface area contributed by atoms with Crippen molar-refractivity contribution in [3.8, 4) is 0 Å². The smallest absolute Gasteiger partial charge is 0.243 e. The van der Waals surface area contributed by atoms with Crippen molar-refractivity contribution in [3.05, 3.63) is 29.8 Å². The van der Waals surface area contributed by atoms with Gasteiger partial charge in [0.15, 0.2) is 0 Å². The minimum absolute atomic E-state index is 0.0640. The second kappa shape index (κ2) is 6.00. The zero-order valence-corrected chi connectivity index (χ0v) is 11.9. The topological polar surface area (TPSA) is 69.6 Å². The van der Waals surface area contributed by atoms with Crippen molar-refractivity contribution in [2.75, 3.05) is 20.2 Å². The SMILES string of the molecule is CNCc1ccc(S(=O)(=O)N(CCO)C2CC2)cc1. The summed E-state index contributed by atoms with van der Waals surface area (Å²) < 4.78 is 26.4. The summed E-state index contributed by atoms with van der Waals surface area (Å²) in [4.78, 5) is 0.299. The van der Waals surface area contributed by atoms with Gasteiger partial charge in [0, 0.05) is 19.1 Å². The van der Waals surface area contributed by atoms with Crippen molar-refractivity contribution in [1.29, 1.82) is 0 Å². The van der Waals surface area contributed by atoms with Gasteiger partial charge in [0.2, 0.25) is 10.0 Å². The fourth-order valence-electron chi connectivity index (χ4n) is 2.08. The number of hydrogen-bond donors (Lipinski definition) is 2. The van der Waals surface area contributed by atoms with Gasteiger partial charge in [0.1, 0.15) is 0 Å². The van der Waals surface area contributed by atoms with Crippen LogP contribution in [0.2, 0.25) is 0 Å². The molecule has 0 bridgehead atoms. The summed E-state index contributed by atoms with van der Waals surface area (Å²) in [6.07, 6.45) is 1.77. The Balaban J connectivity index is 2.22. The summed E-state index contributed by atoms with van der Waals surface area (Å²) in [5.41, 5.74) is 1.04. The zero-order chi connectivity index (χ0) is 13.9. The van der Waals surface area contributed by atoms with Crippen LogP contribution in [0.3, 0.4) is 0 Å². The predicted octanol–water partition coefficient (Wildman–Crippen LogP) is 0.551. The fraction of sp³-hybridized carbons (Fsp3) is 0.538. The third-order valence-electron chi connectivity index (χ3n) is 3.19. The van der Waals surface area contributed by atoms with Crippen LogP contribution in [0.25, 0.3) is 0 Å². The van der Waals surface area contributed by atoms with Crippen molar-refractivity contribution in [1.82, 2.24) is 9.62 Å². The van der Waals surface area contributed by atoms with Crippen molar-refractivity contribution in [2.24, 2.45) is 0 Å². The van der Waals surface area contributed by atoms with Crippen LogP contribution in [-0.4, -0.2) is 44.1 Å². The normalized spacial score (nSPS) is 15.9. The molecule has 1 aromatic carbocycles. The Kier molecular flexibility index (Phi) is 4.57. The molecule has 1 aliphatic carbocycles. The number of aliphatic hydroxyl groups is 1. The lowest BCUT2D eigenvalue weighted by Gasteiger charge is -2.20. The molecule has 106 valence electrons. The second-order valence-electron chi connectivity index (χ2n) is 4.74. The standard InChI is InChI=1S/C13H20N2O3S/c1-14-10-11-2-6-13(7-3-11)19(17,18)15(8-9-16)12-4-5-12/h2-3,6-7,12,14,16H,4-5,8-10H2,1H3. The number of hydrogen-bond acceptors (Lipinski definition) is 4. The lowest BCUT2D eigenvalue weighted by molar-refractivity contribution is 0.250. The van der Waals surface area contributed by atoms with Gasteiger partial charge < -0.3 is 10.4 Å². The van der Waals surface area contributed by atoms with E-state index in [0.29, 0.717) is 11.4 Å². The number of aliphatic hydroxyl groups excluding tert-OH is 1. The van der Waals surface area contributed by atoms with Crippen LogP contribution >= 0.6 is 0 Å². The van der Waals surface area contributed by atoms with Crippen molar-refractivity contribution in [3.63, 3.8) is 0 Å². The van der Waals surface area contributed by atoms with E-state index in [0.717, 1.165) is 18.4 Å². The summed E-state index contributed by atoms with van der Waals surface area (Å²) in [5.74, 6) is 0. The van der Waals surface area contributed by atoms with Gasteiger partial charge in [-0.25, -0.2) is 8.42 Å². The first-order chi connectivity index (χ1) is 9.09. The Bertz CT molecular complexity index is 509. The first-order valence-corrected chi connectivity index (χ1v) is 7.90. The highest BCUT2D eigenvalue weighted by Gasteiger charge is 2.37. The molecule has 1 aliphatic rings. The van der Waals surface area contributed by atoms with E-state index in [-0.39, 0.29) is 19.2 Å². The highest BCUT2D eigenvalue weighted by atomic mass is 32.2. The molecule has 2 rings (SSSR count). The Morgan fingerprint density at radius 2 is 1.95 bits per heavy atom. The van der Waals surface area contributed by atoms with Crippen LogP contribution < -0.4 is 5.32 Å². The van der Waals surface area contributed by atoms with E-state index in [1.807, 2.05) is 19.2 Å². The van der Waals surface area contributed by atoms with Gasteiger partial charge >= 0.3 is 0 Å². The Morgan fingerprint density at radius 1 is 1.32 bits per heavy atom. The number of sulfonamides is 1. The van der Waals surface area contributed by atoms with Gasteiger partial charge in [-0.05, 0) is 37.6 Å². The minimum atomic E-state index is -3.48. The molecule has 0 unspecified atom stereocenters. The molecule has 1 saturated carbocycles. The maximum Gasteiger partial charge on any atom is 0.243 e. The number of benzene rings is 1. The molecule has 0 radical (unpaired) electrons. The molecular formula is C13H20N2O3S. The highest BCUT2D eigenvalue weighted by Crippen LogP contribution is 2.31. The van der Waals surface area contributed by atoms with Crippen LogP contribution in [0, 0.1) is 0 Å². The van der Waals surface area contributed by atoms with Crippen LogP contribution in [0.5, 0.6) is 0 Å². The van der Waals surface area contributed by atoms with Crippen molar-refractivity contribution < 1.29 is 13.5 Å². The van der Waals surface area contributed by atoms with Crippen molar-refractivity contribution in [2.45, 2.75) is 30.3 Å². The lowest BCUT2D eigenvalue weighted by Crippen LogP contribution is -2.35. The largest absolute Gasteiger partial charge is 0.395 e. The Labute approximate surface area is 114 Å². The molecule has 0 aliphatic heterocycles. The highest BCUT2D eigenvalue weighted by molar-refractivity contribution is 7.89. The van der Waals surface area contributed by atoms with E-state index < -0.39 is 10.0 Å². The van der Waals surface area contributed by atoms with Crippen LogP contribution in [0.15, 0.2) is 29.2 Å². The zero-order valence-electron chi connectivity index (χ0n) is 11.0. The first-order valence-electron chi connectivity index (χ1n) is 6.46. The average molecular weight is 284 g/mol. The van der Waals surface area contributed by atoms with E-state index in [9.17, 15) is 8.42 Å². The molecule has 1 aromatic rings. The molecule has 1 fully saturated rings. The summed E-state index contributed by atoms with van der Waals surface area (Å²) in [5, 5.41) is 12.0. The monoisotopic (exact) mass is 284 g/mol. The lowest BCUT2D eigenvalue weighted by atomic mass is 10.2. The van der Waals surface area contributed by atoms with E-state index in [1.165, 1.54) is 4.31 Å². The van der Waals surface area contributed by atoms with Gasteiger partial charge in [0.25, 0.3) is 0 Å². The molecule has 2 N–H and O–H groups in total. The predicted molar refractivity (Wildman–Crippen MR) is 73.2 cm³/mol. The average Bonchev–Trinajstić information content (AvgIpc) is 3.21. The minimum Gasteiger partial charge on any atom is -0.395 e. The molecular weight excluding hydrogens is 264 g/mol.